The Kier molecular flexibility index (Phi) is 6.30. The fraction of sp³-hybridized carbons (Fsp3) is 0.200. The normalized spacial score (nSPS) is 11.3. The molecule has 0 spiro atoms. The Bertz CT molecular complexity index is 946. The smallest absolute Gasteiger partial charge is 0.457 e. The van der Waals surface area contributed by atoms with Crippen molar-refractivity contribution < 1.29 is 27.8 Å². The molecule has 0 unspecified atom stereocenters. The van der Waals surface area contributed by atoms with Gasteiger partial charge in [-0.15, -0.1) is 13.2 Å². The predicted octanol–water partition coefficient (Wildman–Crippen LogP) is 3.83. The topological polar surface area (TPSA) is 90.5 Å². The molecule has 0 saturated carbocycles. The maximum atomic E-state index is 12.2. The molecule has 0 aliphatic carbocycles. The number of hydrogen-bond donors (Lipinski definition) is 2. The van der Waals surface area contributed by atoms with Gasteiger partial charge in [0, 0.05) is 30.8 Å². The Balaban J connectivity index is 1.73. The summed E-state index contributed by atoms with van der Waals surface area (Å²) < 4.78 is 46.1. The Morgan fingerprint density at radius 2 is 1.41 bits per heavy atom. The summed E-state index contributed by atoms with van der Waals surface area (Å²) in [5.74, 6) is 1.01. The molecule has 0 atom stereocenters. The van der Waals surface area contributed by atoms with Crippen LogP contribution in [-0.4, -0.2) is 28.0 Å². The van der Waals surface area contributed by atoms with Gasteiger partial charge in [0.25, 0.3) is 0 Å². The third kappa shape index (κ3) is 5.90. The molecule has 3 aromatic rings. The van der Waals surface area contributed by atoms with Gasteiger partial charge < -0.3 is 20.3 Å². The van der Waals surface area contributed by atoms with Gasteiger partial charge in [-0.1, -0.05) is 0 Å². The molecule has 2 aromatic carbocycles. The van der Waals surface area contributed by atoms with E-state index in [0.717, 1.165) is 5.56 Å². The first-order chi connectivity index (χ1) is 13.9. The lowest BCUT2D eigenvalue weighted by atomic mass is 10.2. The van der Waals surface area contributed by atoms with Crippen LogP contribution < -0.4 is 15.2 Å². The van der Waals surface area contributed by atoms with Crippen LogP contribution in [0, 0.1) is 0 Å². The monoisotopic (exact) mass is 405 g/mol. The first kappa shape index (κ1) is 20.6. The van der Waals surface area contributed by atoms with E-state index in [1.807, 2.05) is 0 Å². The molecule has 9 heteroatoms. The molecule has 1 aromatic heterocycles. The van der Waals surface area contributed by atoms with Crippen molar-refractivity contribution in [2.75, 3.05) is 6.61 Å². The van der Waals surface area contributed by atoms with Gasteiger partial charge in [0.05, 0.1) is 5.69 Å². The second-order valence-corrected chi connectivity index (χ2v) is 6.00. The van der Waals surface area contributed by atoms with Gasteiger partial charge in [0.2, 0.25) is 0 Å². The van der Waals surface area contributed by atoms with E-state index in [0.29, 0.717) is 35.1 Å². The SMILES string of the molecule is NCc1cc(CCO)nc(-c2ccc(Oc3ccc(OC(F)(F)F)cc3)cc2)n1. The molecule has 1 heterocycles. The van der Waals surface area contributed by atoms with E-state index in [9.17, 15) is 13.2 Å². The molecule has 3 N–H and O–H groups in total. The highest BCUT2D eigenvalue weighted by Gasteiger charge is 2.30. The highest BCUT2D eigenvalue weighted by Crippen LogP contribution is 2.28. The van der Waals surface area contributed by atoms with E-state index in [-0.39, 0.29) is 18.9 Å². The van der Waals surface area contributed by atoms with E-state index >= 15 is 0 Å². The molecule has 29 heavy (non-hydrogen) atoms. The first-order valence-electron chi connectivity index (χ1n) is 8.68. The number of ether oxygens (including phenoxy) is 2. The van der Waals surface area contributed by atoms with Gasteiger partial charge in [-0.2, -0.15) is 0 Å². The zero-order chi connectivity index (χ0) is 20.9. The minimum atomic E-state index is -4.74. The molecule has 0 fully saturated rings. The van der Waals surface area contributed by atoms with E-state index < -0.39 is 6.36 Å². The van der Waals surface area contributed by atoms with Crippen LogP contribution in [0.3, 0.4) is 0 Å². The van der Waals surface area contributed by atoms with E-state index in [1.165, 1.54) is 24.3 Å². The van der Waals surface area contributed by atoms with Crippen LogP contribution in [0.15, 0.2) is 54.6 Å². The van der Waals surface area contributed by atoms with Crippen molar-refractivity contribution in [1.29, 1.82) is 0 Å². The van der Waals surface area contributed by atoms with E-state index in [4.69, 9.17) is 15.6 Å². The van der Waals surface area contributed by atoms with Crippen molar-refractivity contribution in [2.45, 2.75) is 19.3 Å². The summed E-state index contributed by atoms with van der Waals surface area (Å²) in [5.41, 5.74) is 7.77. The number of nitrogens with zero attached hydrogens (tertiary/aromatic N) is 2. The summed E-state index contributed by atoms with van der Waals surface area (Å²) in [7, 11) is 0. The predicted molar refractivity (Wildman–Crippen MR) is 99.3 cm³/mol. The van der Waals surface area contributed by atoms with Gasteiger partial charge in [0.15, 0.2) is 5.82 Å². The molecule has 0 radical (unpaired) electrons. The summed E-state index contributed by atoms with van der Waals surface area (Å²) in [5, 5.41) is 9.12. The Morgan fingerprint density at radius 3 is 1.97 bits per heavy atom. The first-order valence-corrected chi connectivity index (χ1v) is 8.68. The summed E-state index contributed by atoms with van der Waals surface area (Å²) in [6.45, 7) is 0.225. The number of benzene rings is 2. The van der Waals surface area contributed by atoms with Crippen LogP contribution in [0.2, 0.25) is 0 Å². The average molecular weight is 405 g/mol. The summed E-state index contributed by atoms with van der Waals surface area (Å²) >= 11 is 0. The third-order valence-electron chi connectivity index (χ3n) is 3.81. The van der Waals surface area contributed by atoms with Crippen LogP contribution in [0.1, 0.15) is 11.4 Å². The largest absolute Gasteiger partial charge is 0.573 e. The van der Waals surface area contributed by atoms with Crippen LogP contribution in [0.4, 0.5) is 13.2 Å². The molecule has 0 amide bonds. The molecule has 0 aliphatic heterocycles. The average Bonchev–Trinajstić information content (AvgIpc) is 2.69. The maximum Gasteiger partial charge on any atom is 0.573 e. The number of rotatable bonds is 7. The molecule has 0 saturated heterocycles. The number of hydrogen-bond acceptors (Lipinski definition) is 6. The molecular formula is C20H18F3N3O3. The third-order valence-corrected chi connectivity index (χ3v) is 3.81. The Labute approximate surface area is 164 Å². The zero-order valence-electron chi connectivity index (χ0n) is 15.2. The molecule has 152 valence electrons. The van der Waals surface area contributed by atoms with Crippen LogP contribution in [0.25, 0.3) is 11.4 Å². The maximum absolute atomic E-state index is 12.2. The van der Waals surface area contributed by atoms with Gasteiger partial charge >= 0.3 is 6.36 Å². The number of halogens is 3. The van der Waals surface area contributed by atoms with Crippen LogP contribution in [0.5, 0.6) is 17.2 Å². The lowest BCUT2D eigenvalue weighted by Crippen LogP contribution is -2.16. The summed E-state index contributed by atoms with van der Waals surface area (Å²) in [6.07, 6.45) is -4.34. The highest BCUT2D eigenvalue weighted by atomic mass is 19.4. The van der Waals surface area contributed by atoms with E-state index in [1.54, 1.807) is 30.3 Å². The fourth-order valence-electron chi connectivity index (χ4n) is 2.55. The van der Waals surface area contributed by atoms with Gasteiger partial charge in [-0.05, 0) is 54.6 Å². The van der Waals surface area contributed by atoms with E-state index in [2.05, 4.69) is 14.7 Å². The van der Waals surface area contributed by atoms with Crippen molar-refractivity contribution in [2.24, 2.45) is 5.73 Å². The molecule has 6 nitrogen and oxygen atoms in total. The quantitative estimate of drug-likeness (QED) is 0.621. The van der Waals surface area contributed by atoms with Crippen LogP contribution in [-0.2, 0) is 13.0 Å². The fourth-order valence-corrected chi connectivity index (χ4v) is 2.55. The second kappa shape index (κ2) is 8.89. The molecule has 0 bridgehead atoms. The second-order valence-electron chi connectivity index (χ2n) is 6.00. The van der Waals surface area contributed by atoms with Crippen LogP contribution >= 0.6 is 0 Å². The Hall–Kier alpha value is -3.17. The van der Waals surface area contributed by atoms with Gasteiger partial charge in [-0.25, -0.2) is 9.97 Å². The van der Waals surface area contributed by atoms with Gasteiger partial charge in [0.1, 0.15) is 17.2 Å². The number of aromatic nitrogens is 2. The minimum absolute atomic E-state index is 0.0277. The number of nitrogens with two attached hydrogens (primary N) is 1. The van der Waals surface area contributed by atoms with Crippen molar-refractivity contribution >= 4 is 0 Å². The minimum Gasteiger partial charge on any atom is -0.457 e. The van der Waals surface area contributed by atoms with Gasteiger partial charge in [-0.3, -0.25) is 0 Å². The van der Waals surface area contributed by atoms with Crippen molar-refractivity contribution in [3.05, 3.63) is 66.0 Å². The number of alkyl halides is 3. The summed E-state index contributed by atoms with van der Waals surface area (Å²) in [6, 6.07) is 13.8. The molecule has 3 rings (SSSR count). The molecule has 0 aliphatic rings. The number of aliphatic hydroxyl groups is 1. The van der Waals surface area contributed by atoms with Crippen molar-refractivity contribution in [3.63, 3.8) is 0 Å². The molecular weight excluding hydrogens is 387 g/mol. The zero-order valence-corrected chi connectivity index (χ0v) is 15.2. The lowest BCUT2D eigenvalue weighted by molar-refractivity contribution is -0.274. The standard InChI is InChI=1S/C20H18F3N3O3/c21-20(22,23)29-18-7-5-17(6-8-18)28-16-3-1-13(2-4-16)19-25-14(9-10-27)11-15(12-24)26-19/h1-8,11,27H,9-10,12,24H2. The highest BCUT2D eigenvalue weighted by molar-refractivity contribution is 5.57. The number of aliphatic hydroxyl groups excluding tert-OH is 1. The lowest BCUT2D eigenvalue weighted by Gasteiger charge is -2.10. The summed E-state index contributed by atoms with van der Waals surface area (Å²) in [4.78, 5) is 8.81. The van der Waals surface area contributed by atoms with Crippen molar-refractivity contribution in [3.8, 4) is 28.6 Å². The Morgan fingerprint density at radius 1 is 0.862 bits per heavy atom. The van der Waals surface area contributed by atoms with Crippen molar-refractivity contribution in [1.82, 2.24) is 9.97 Å².